The number of para-hydroxylation sites is 2. The number of aromatic nitrogens is 1. The fourth-order valence-corrected chi connectivity index (χ4v) is 2.44. The van der Waals surface area contributed by atoms with Gasteiger partial charge in [-0.3, -0.25) is 4.79 Å². The molecule has 2 aromatic rings. The summed E-state index contributed by atoms with van der Waals surface area (Å²) in [5, 5.41) is 5.22. The maximum atomic E-state index is 11.8. The Morgan fingerprint density at radius 3 is 2.86 bits per heavy atom. The minimum atomic E-state index is -0.187. The second-order valence-electron chi connectivity index (χ2n) is 4.46. The van der Waals surface area contributed by atoms with Gasteiger partial charge < -0.3 is 20.5 Å². The summed E-state index contributed by atoms with van der Waals surface area (Å²) in [5.74, 6) is 1.13. The number of thiazole rings is 1. The molecule has 0 aliphatic heterocycles. The van der Waals surface area contributed by atoms with E-state index in [0.717, 1.165) is 11.4 Å². The topological polar surface area (TPSA) is 86.5 Å². The Hall–Kier alpha value is -2.12. The molecule has 0 saturated carbocycles. The number of nitrogens with one attached hydrogen (secondary N) is 1. The number of hydrogen-bond acceptors (Lipinski definition) is 6. The maximum Gasteiger partial charge on any atom is 0.270 e. The van der Waals surface area contributed by atoms with Gasteiger partial charge in [-0.25, -0.2) is 4.98 Å². The third-order valence-corrected chi connectivity index (χ3v) is 3.69. The molecule has 0 atom stereocenters. The zero-order valence-electron chi connectivity index (χ0n) is 12.4. The van der Waals surface area contributed by atoms with Crippen LogP contribution in [0.1, 0.15) is 21.9 Å². The van der Waals surface area contributed by atoms with E-state index in [1.807, 2.05) is 24.3 Å². The number of ether oxygens (including phenoxy) is 2. The first-order chi connectivity index (χ1) is 10.7. The molecule has 1 aromatic carbocycles. The zero-order valence-corrected chi connectivity index (χ0v) is 13.2. The van der Waals surface area contributed by atoms with Gasteiger partial charge in [-0.15, -0.1) is 11.3 Å². The zero-order chi connectivity index (χ0) is 15.8. The van der Waals surface area contributed by atoms with Gasteiger partial charge in [0.1, 0.15) is 17.3 Å². The van der Waals surface area contributed by atoms with Gasteiger partial charge in [0.2, 0.25) is 0 Å². The van der Waals surface area contributed by atoms with Crippen molar-refractivity contribution in [2.24, 2.45) is 5.73 Å². The number of amides is 1. The molecule has 0 fully saturated rings. The first-order valence-electron chi connectivity index (χ1n) is 6.93. The Bertz CT molecular complexity index is 616. The summed E-state index contributed by atoms with van der Waals surface area (Å²) in [5.41, 5.74) is 5.79. The summed E-state index contributed by atoms with van der Waals surface area (Å²) in [4.78, 5) is 16.1. The van der Waals surface area contributed by atoms with E-state index >= 15 is 0 Å². The summed E-state index contributed by atoms with van der Waals surface area (Å²) in [6, 6.07) is 7.40. The van der Waals surface area contributed by atoms with Crippen LogP contribution in [-0.4, -0.2) is 31.1 Å². The standard InChI is InChI=1S/C15H19N3O3S/c1-20-12-5-2-3-6-13(12)21-9-14-18-11(10-22-14)15(19)17-8-4-7-16/h2-3,5-6,10H,4,7-9,16H2,1H3,(H,17,19). The van der Waals surface area contributed by atoms with Crippen molar-refractivity contribution in [1.82, 2.24) is 10.3 Å². The van der Waals surface area contributed by atoms with E-state index in [1.165, 1.54) is 11.3 Å². The largest absolute Gasteiger partial charge is 0.493 e. The van der Waals surface area contributed by atoms with Crippen LogP contribution < -0.4 is 20.5 Å². The lowest BCUT2D eigenvalue weighted by Gasteiger charge is -2.08. The van der Waals surface area contributed by atoms with Crippen molar-refractivity contribution in [1.29, 1.82) is 0 Å². The van der Waals surface area contributed by atoms with E-state index in [0.29, 0.717) is 36.9 Å². The number of hydrogen-bond donors (Lipinski definition) is 2. The first-order valence-corrected chi connectivity index (χ1v) is 7.81. The van der Waals surface area contributed by atoms with Crippen LogP contribution in [0.5, 0.6) is 11.5 Å². The van der Waals surface area contributed by atoms with E-state index in [4.69, 9.17) is 15.2 Å². The second kappa shape index (κ2) is 8.35. The molecule has 0 spiro atoms. The molecule has 1 amide bonds. The van der Waals surface area contributed by atoms with Gasteiger partial charge in [-0.05, 0) is 25.1 Å². The van der Waals surface area contributed by atoms with Crippen LogP contribution in [0.3, 0.4) is 0 Å². The fraction of sp³-hybridized carbons (Fsp3) is 0.333. The fourth-order valence-electron chi connectivity index (χ4n) is 1.75. The van der Waals surface area contributed by atoms with Gasteiger partial charge in [-0.2, -0.15) is 0 Å². The van der Waals surface area contributed by atoms with Crippen molar-refractivity contribution in [3.05, 3.63) is 40.3 Å². The lowest BCUT2D eigenvalue weighted by atomic mass is 10.3. The minimum absolute atomic E-state index is 0.187. The third-order valence-electron chi connectivity index (χ3n) is 2.87. The van der Waals surface area contributed by atoms with E-state index in [1.54, 1.807) is 12.5 Å². The number of nitrogens with two attached hydrogens (primary N) is 1. The Morgan fingerprint density at radius 2 is 2.14 bits per heavy atom. The highest BCUT2D eigenvalue weighted by Gasteiger charge is 2.11. The lowest BCUT2D eigenvalue weighted by Crippen LogP contribution is -2.26. The lowest BCUT2D eigenvalue weighted by molar-refractivity contribution is 0.0949. The molecule has 118 valence electrons. The number of rotatable bonds is 8. The normalized spacial score (nSPS) is 10.3. The summed E-state index contributed by atoms with van der Waals surface area (Å²) >= 11 is 1.39. The van der Waals surface area contributed by atoms with Crippen molar-refractivity contribution in [2.45, 2.75) is 13.0 Å². The molecule has 7 heteroatoms. The second-order valence-corrected chi connectivity index (χ2v) is 5.41. The Labute approximate surface area is 133 Å². The van der Waals surface area contributed by atoms with E-state index in [9.17, 15) is 4.79 Å². The van der Waals surface area contributed by atoms with Gasteiger partial charge in [0.25, 0.3) is 5.91 Å². The van der Waals surface area contributed by atoms with Crippen molar-refractivity contribution >= 4 is 17.2 Å². The molecule has 1 aromatic heterocycles. The molecule has 22 heavy (non-hydrogen) atoms. The molecule has 6 nitrogen and oxygen atoms in total. The van der Waals surface area contributed by atoms with E-state index in [2.05, 4.69) is 10.3 Å². The van der Waals surface area contributed by atoms with Crippen LogP contribution in [0, 0.1) is 0 Å². The average Bonchev–Trinajstić information content (AvgIpc) is 3.02. The van der Waals surface area contributed by atoms with Gasteiger partial charge in [0, 0.05) is 11.9 Å². The highest BCUT2D eigenvalue weighted by molar-refractivity contribution is 7.09. The molecule has 0 bridgehead atoms. The van der Waals surface area contributed by atoms with Crippen molar-refractivity contribution in [3.8, 4) is 11.5 Å². The smallest absolute Gasteiger partial charge is 0.270 e. The van der Waals surface area contributed by atoms with Crippen molar-refractivity contribution < 1.29 is 14.3 Å². The minimum Gasteiger partial charge on any atom is -0.493 e. The molecule has 0 unspecified atom stereocenters. The molecule has 0 radical (unpaired) electrons. The third kappa shape index (κ3) is 4.44. The van der Waals surface area contributed by atoms with E-state index < -0.39 is 0 Å². The van der Waals surface area contributed by atoms with Crippen LogP contribution in [0.15, 0.2) is 29.6 Å². The van der Waals surface area contributed by atoms with Crippen LogP contribution >= 0.6 is 11.3 Å². The predicted octanol–water partition coefficient (Wildman–Crippen LogP) is 1.81. The van der Waals surface area contributed by atoms with Crippen LogP contribution in [0.2, 0.25) is 0 Å². The molecule has 2 rings (SSSR count). The monoisotopic (exact) mass is 321 g/mol. The number of benzene rings is 1. The number of nitrogens with zero attached hydrogens (tertiary/aromatic N) is 1. The van der Waals surface area contributed by atoms with Gasteiger partial charge in [-0.1, -0.05) is 12.1 Å². The van der Waals surface area contributed by atoms with Crippen molar-refractivity contribution in [3.63, 3.8) is 0 Å². The van der Waals surface area contributed by atoms with Gasteiger partial charge >= 0.3 is 0 Å². The van der Waals surface area contributed by atoms with Crippen LogP contribution in [-0.2, 0) is 6.61 Å². The molecule has 0 aliphatic rings. The Morgan fingerprint density at radius 1 is 1.36 bits per heavy atom. The summed E-state index contributed by atoms with van der Waals surface area (Å²) in [6.45, 7) is 1.40. The molecular weight excluding hydrogens is 302 g/mol. The van der Waals surface area contributed by atoms with Gasteiger partial charge in [0.15, 0.2) is 11.5 Å². The summed E-state index contributed by atoms with van der Waals surface area (Å²) in [6.07, 6.45) is 0.750. The van der Waals surface area contributed by atoms with Gasteiger partial charge in [0.05, 0.1) is 7.11 Å². The molecule has 1 heterocycles. The van der Waals surface area contributed by atoms with Crippen LogP contribution in [0.25, 0.3) is 0 Å². The quantitative estimate of drug-likeness (QED) is 0.724. The molecule has 3 N–H and O–H groups in total. The number of carbonyl (C=O) groups is 1. The number of carbonyl (C=O) groups excluding carboxylic acids is 1. The maximum absolute atomic E-state index is 11.8. The Balaban J connectivity index is 1.90. The van der Waals surface area contributed by atoms with Crippen LogP contribution in [0.4, 0.5) is 0 Å². The predicted molar refractivity (Wildman–Crippen MR) is 85.4 cm³/mol. The highest BCUT2D eigenvalue weighted by atomic mass is 32.1. The SMILES string of the molecule is COc1ccccc1OCc1nc(C(=O)NCCCN)cs1. The molecule has 0 saturated heterocycles. The summed E-state index contributed by atoms with van der Waals surface area (Å²) in [7, 11) is 1.59. The first kappa shape index (κ1) is 16.3. The van der Waals surface area contributed by atoms with E-state index in [-0.39, 0.29) is 5.91 Å². The molecule has 0 aliphatic carbocycles. The molecular formula is C15H19N3O3S. The Kier molecular flexibility index (Phi) is 6.17. The number of methoxy groups -OCH3 is 1. The van der Waals surface area contributed by atoms with Crippen molar-refractivity contribution in [2.75, 3.05) is 20.2 Å². The highest BCUT2D eigenvalue weighted by Crippen LogP contribution is 2.26. The average molecular weight is 321 g/mol. The summed E-state index contributed by atoms with van der Waals surface area (Å²) < 4.78 is 10.9.